The number of rotatable bonds is 3. The summed E-state index contributed by atoms with van der Waals surface area (Å²) in [6.45, 7) is 0. The zero-order valence-corrected chi connectivity index (χ0v) is 14.3. The highest BCUT2D eigenvalue weighted by Gasteiger charge is 2.50. The average molecular weight is 342 g/mol. The lowest BCUT2D eigenvalue weighted by Gasteiger charge is -2.49. The molecule has 2 fully saturated rings. The molecule has 4 heterocycles. The van der Waals surface area contributed by atoms with Crippen molar-refractivity contribution in [1.82, 2.24) is 9.88 Å². The van der Waals surface area contributed by atoms with E-state index in [1.54, 1.807) is 12.4 Å². The van der Waals surface area contributed by atoms with Crippen LogP contribution in [0.5, 0.6) is 0 Å². The zero-order chi connectivity index (χ0) is 16.0. The summed E-state index contributed by atoms with van der Waals surface area (Å²) < 4.78 is 0. The molecular weight excluding hydrogens is 324 g/mol. The second-order valence-electron chi connectivity index (χ2n) is 6.59. The predicted octanol–water partition coefficient (Wildman–Crippen LogP) is 2.00. The first kappa shape index (κ1) is 15.1. The fraction of sp³-hybridized carbons (Fsp3) is 0.471. The molecule has 0 radical (unpaired) electrons. The second-order valence-corrected chi connectivity index (χ2v) is 8.10. The number of fused-ring (bicyclic) bond motifs is 2. The van der Waals surface area contributed by atoms with Gasteiger partial charge in [0.1, 0.15) is 4.99 Å². The number of nitriles is 1. The average Bonchev–Trinajstić information content (AvgIpc) is 2.77. The van der Waals surface area contributed by atoms with Gasteiger partial charge < -0.3 is 5.73 Å². The molecule has 3 atom stereocenters. The molecule has 2 bridgehead atoms. The maximum absolute atomic E-state index is 9.99. The Bertz CT molecular complexity index is 704. The van der Waals surface area contributed by atoms with Gasteiger partial charge >= 0.3 is 0 Å². The summed E-state index contributed by atoms with van der Waals surface area (Å²) in [5.41, 5.74) is 6.93. The fourth-order valence-electron chi connectivity index (χ4n) is 4.01. The van der Waals surface area contributed by atoms with Crippen LogP contribution in [0.2, 0.25) is 0 Å². The van der Waals surface area contributed by atoms with Gasteiger partial charge in [-0.25, -0.2) is 0 Å². The maximum Gasteiger partial charge on any atom is 0.105 e. The van der Waals surface area contributed by atoms with Crippen LogP contribution in [-0.4, -0.2) is 44.5 Å². The Morgan fingerprint density at radius 1 is 1.35 bits per heavy atom. The fourth-order valence-corrected chi connectivity index (χ4v) is 4.91. The number of piperidine rings is 1. The minimum Gasteiger partial charge on any atom is -0.389 e. The molecule has 0 spiro atoms. The number of hydrogen-bond acceptors (Lipinski definition) is 5. The third kappa shape index (κ3) is 2.38. The monoisotopic (exact) mass is 342 g/mol. The number of hydrogen-bond donors (Lipinski definition) is 1. The molecule has 0 aromatic carbocycles. The minimum atomic E-state index is -0.500. The highest BCUT2D eigenvalue weighted by atomic mass is 32.2. The van der Waals surface area contributed by atoms with Gasteiger partial charge in [0.2, 0.25) is 0 Å². The summed E-state index contributed by atoms with van der Waals surface area (Å²) in [4.78, 5) is 7.21. The number of nitrogens with zero attached hydrogens (tertiary/aromatic N) is 3. The Morgan fingerprint density at radius 2 is 2.04 bits per heavy atom. The van der Waals surface area contributed by atoms with Crippen molar-refractivity contribution in [3.63, 3.8) is 0 Å². The topological polar surface area (TPSA) is 65.9 Å². The standard InChI is InChI=1S/C17H18N4S2/c18-10-17(12-3-11(16(19)22)6-20-7-12)4-13-1-2-14(5-17)21(13)15-8-23-9-15/h1-3,6-7,13-15H,4-5,8-9H2,(H2,19,22)/t13-,14+,17-. The lowest BCUT2D eigenvalue weighted by Crippen LogP contribution is -2.57. The van der Waals surface area contributed by atoms with Gasteiger partial charge in [-0.15, -0.1) is 0 Å². The van der Waals surface area contributed by atoms with Gasteiger partial charge in [-0.3, -0.25) is 9.88 Å². The number of nitrogens with two attached hydrogens (primary N) is 1. The van der Waals surface area contributed by atoms with Crippen molar-refractivity contribution < 1.29 is 0 Å². The second kappa shape index (κ2) is 5.59. The highest BCUT2D eigenvalue weighted by Crippen LogP contribution is 2.46. The molecule has 2 N–H and O–H groups in total. The Labute approximate surface area is 145 Å². The summed E-state index contributed by atoms with van der Waals surface area (Å²) in [5.74, 6) is 2.43. The SMILES string of the molecule is N#C[C@@]1(c2cncc(C(N)=S)c2)C[C@H]2C=C[C@@H](C1)N2C1CSC1. The van der Waals surface area contributed by atoms with E-state index in [0.717, 1.165) is 24.0 Å². The first-order valence-electron chi connectivity index (χ1n) is 7.83. The number of thiocarbonyl (C=S) groups is 1. The molecule has 4 rings (SSSR count). The van der Waals surface area contributed by atoms with Gasteiger partial charge in [0.05, 0.1) is 11.5 Å². The van der Waals surface area contributed by atoms with Crippen LogP contribution >= 0.6 is 24.0 Å². The van der Waals surface area contributed by atoms with Crippen molar-refractivity contribution in [3.8, 4) is 6.07 Å². The molecule has 6 heteroatoms. The van der Waals surface area contributed by atoms with Crippen molar-refractivity contribution in [2.75, 3.05) is 11.5 Å². The van der Waals surface area contributed by atoms with E-state index < -0.39 is 5.41 Å². The van der Waals surface area contributed by atoms with E-state index in [1.807, 2.05) is 17.8 Å². The van der Waals surface area contributed by atoms with Crippen LogP contribution < -0.4 is 5.73 Å². The molecular formula is C17H18N4S2. The predicted molar refractivity (Wildman–Crippen MR) is 96.3 cm³/mol. The maximum atomic E-state index is 9.99. The number of pyridine rings is 1. The quantitative estimate of drug-likeness (QED) is 0.669. The summed E-state index contributed by atoms with van der Waals surface area (Å²) in [6.07, 6.45) is 9.69. The van der Waals surface area contributed by atoms with E-state index in [9.17, 15) is 5.26 Å². The van der Waals surface area contributed by atoms with Gasteiger partial charge in [0.15, 0.2) is 0 Å². The smallest absolute Gasteiger partial charge is 0.105 e. The Hall–Kier alpha value is -1.42. The summed E-state index contributed by atoms with van der Waals surface area (Å²) >= 11 is 7.07. The van der Waals surface area contributed by atoms with Crippen LogP contribution in [0.4, 0.5) is 0 Å². The lowest BCUT2D eigenvalue weighted by atomic mass is 9.70. The zero-order valence-electron chi connectivity index (χ0n) is 12.7. The van der Waals surface area contributed by atoms with Gasteiger partial charge in [-0.05, 0) is 24.5 Å². The van der Waals surface area contributed by atoms with E-state index in [4.69, 9.17) is 18.0 Å². The first-order chi connectivity index (χ1) is 11.1. The number of thioether (sulfide) groups is 1. The van der Waals surface area contributed by atoms with Crippen LogP contribution in [0.1, 0.15) is 24.0 Å². The molecule has 3 aliphatic rings. The largest absolute Gasteiger partial charge is 0.389 e. The van der Waals surface area contributed by atoms with E-state index in [1.165, 1.54) is 11.5 Å². The van der Waals surface area contributed by atoms with Crippen molar-refractivity contribution >= 4 is 29.0 Å². The van der Waals surface area contributed by atoms with Crippen molar-refractivity contribution in [3.05, 3.63) is 41.7 Å². The Kier molecular flexibility index (Phi) is 3.67. The molecule has 0 amide bonds. The molecule has 1 aromatic rings. The molecule has 2 saturated heterocycles. The van der Waals surface area contributed by atoms with Crippen molar-refractivity contribution in [2.24, 2.45) is 5.73 Å². The molecule has 0 unspecified atom stereocenters. The normalized spacial score (nSPS) is 33.2. The van der Waals surface area contributed by atoms with Crippen LogP contribution in [0.3, 0.4) is 0 Å². The lowest BCUT2D eigenvalue weighted by molar-refractivity contribution is 0.0868. The Morgan fingerprint density at radius 3 is 2.57 bits per heavy atom. The van der Waals surface area contributed by atoms with Crippen LogP contribution in [0.15, 0.2) is 30.6 Å². The van der Waals surface area contributed by atoms with Crippen molar-refractivity contribution in [1.29, 1.82) is 5.26 Å². The van der Waals surface area contributed by atoms with E-state index in [0.29, 0.717) is 23.1 Å². The van der Waals surface area contributed by atoms with E-state index in [2.05, 4.69) is 28.1 Å². The van der Waals surface area contributed by atoms with E-state index in [-0.39, 0.29) is 0 Å². The van der Waals surface area contributed by atoms with Gasteiger partial charge in [0.25, 0.3) is 0 Å². The molecule has 23 heavy (non-hydrogen) atoms. The molecule has 3 aliphatic heterocycles. The van der Waals surface area contributed by atoms with Gasteiger partial charge in [-0.2, -0.15) is 17.0 Å². The summed E-state index contributed by atoms with van der Waals surface area (Å²) in [5, 5.41) is 9.99. The first-order valence-corrected chi connectivity index (χ1v) is 9.39. The summed E-state index contributed by atoms with van der Waals surface area (Å²) in [7, 11) is 0. The van der Waals surface area contributed by atoms with Gasteiger partial charge in [-0.1, -0.05) is 24.4 Å². The van der Waals surface area contributed by atoms with Crippen LogP contribution in [0, 0.1) is 11.3 Å². The van der Waals surface area contributed by atoms with Gasteiger partial charge in [0, 0.05) is 47.6 Å². The molecule has 0 saturated carbocycles. The third-order valence-electron chi connectivity index (χ3n) is 5.27. The number of aromatic nitrogens is 1. The summed E-state index contributed by atoms with van der Waals surface area (Å²) in [6, 6.07) is 5.93. The van der Waals surface area contributed by atoms with Crippen molar-refractivity contribution in [2.45, 2.75) is 36.4 Å². The molecule has 1 aromatic heterocycles. The highest BCUT2D eigenvalue weighted by molar-refractivity contribution is 8.00. The molecule has 118 valence electrons. The Balaban J connectivity index is 1.66. The van der Waals surface area contributed by atoms with Crippen LogP contribution in [-0.2, 0) is 5.41 Å². The van der Waals surface area contributed by atoms with E-state index >= 15 is 0 Å². The van der Waals surface area contributed by atoms with Crippen LogP contribution in [0.25, 0.3) is 0 Å². The third-order valence-corrected chi connectivity index (χ3v) is 6.74. The molecule has 4 nitrogen and oxygen atoms in total. The minimum absolute atomic E-state index is 0.331. The molecule has 0 aliphatic carbocycles.